The minimum Gasteiger partial charge on any atom is -0.468 e. The van der Waals surface area contributed by atoms with E-state index in [1.807, 2.05) is 0 Å². The molecule has 8 heteroatoms. The van der Waals surface area contributed by atoms with Gasteiger partial charge in [0.15, 0.2) is 0 Å². The number of nitrogens with zero attached hydrogens (tertiary/aromatic N) is 1. The van der Waals surface area contributed by atoms with E-state index in [-0.39, 0.29) is 13.1 Å². The second-order valence-electron chi connectivity index (χ2n) is 3.62. The molecular weight excluding hydrogens is 248 g/mol. The molecule has 7 nitrogen and oxygen atoms in total. The summed E-state index contributed by atoms with van der Waals surface area (Å²) in [5.41, 5.74) is 0. The quantitative estimate of drug-likeness (QED) is 0.572. The molecule has 0 spiro atoms. The lowest BCUT2D eigenvalue weighted by molar-refractivity contribution is 0.146. The van der Waals surface area contributed by atoms with Crippen LogP contribution in [0.15, 0.2) is 22.8 Å². The van der Waals surface area contributed by atoms with Gasteiger partial charge in [0.2, 0.25) is 0 Å². The fourth-order valence-electron chi connectivity index (χ4n) is 1.23. The average Bonchev–Trinajstić information content (AvgIpc) is 2.69. The van der Waals surface area contributed by atoms with Crippen LogP contribution < -0.4 is 5.32 Å². The Bertz CT molecular complexity index is 417. The van der Waals surface area contributed by atoms with Crippen molar-refractivity contribution >= 4 is 10.3 Å². The number of aliphatic hydroxyl groups excluding tert-OH is 1. The predicted molar refractivity (Wildman–Crippen MR) is 60.6 cm³/mol. The number of nitrogens with one attached hydrogen (secondary N) is 1. The molecule has 1 unspecified atom stereocenters. The second-order valence-corrected chi connectivity index (χ2v) is 5.14. The number of aliphatic hydroxyl groups is 1. The Morgan fingerprint density at radius 3 is 2.82 bits per heavy atom. The molecule has 0 saturated carbocycles. The van der Waals surface area contributed by atoms with E-state index in [1.165, 1.54) is 7.05 Å². The molecule has 1 rings (SSSR count). The van der Waals surface area contributed by atoms with E-state index in [9.17, 15) is 13.5 Å². The van der Waals surface area contributed by atoms with Crippen LogP contribution in [0.2, 0.25) is 0 Å². The summed E-state index contributed by atoms with van der Waals surface area (Å²) in [6, 6.07) is 3.53. The highest BCUT2D eigenvalue weighted by molar-refractivity contribution is 7.83. The molecule has 0 aliphatic rings. The maximum absolute atomic E-state index is 10.7. The Balaban J connectivity index is 2.24. The Morgan fingerprint density at radius 1 is 1.59 bits per heavy atom. The molecule has 1 aromatic rings. The van der Waals surface area contributed by atoms with Crippen LogP contribution in [-0.2, 0) is 16.8 Å². The highest BCUT2D eigenvalue weighted by Crippen LogP contribution is 1.99. The first-order valence-electron chi connectivity index (χ1n) is 4.99. The van der Waals surface area contributed by atoms with Gasteiger partial charge in [-0.25, -0.2) is 0 Å². The van der Waals surface area contributed by atoms with E-state index in [4.69, 9.17) is 8.97 Å². The van der Waals surface area contributed by atoms with Crippen molar-refractivity contribution in [1.82, 2.24) is 9.62 Å². The van der Waals surface area contributed by atoms with Crippen molar-refractivity contribution in [3.63, 3.8) is 0 Å². The largest absolute Gasteiger partial charge is 0.468 e. The Morgan fingerprint density at radius 2 is 2.29 bits per heavy atom. The summed E-state index contributed by atoms with van der Waals surface area (Å²) >= 11 is 0. The molecule has 0 aromatic carbocycles. The van der Waals surface area contributed by atoms with Gasteiger partial charge in [-0.05, 0) is 12.1 Å². The van der Waals surface area contributed by atoms with Gasteiger partial charge in [0, 0.05) is 20.1 Å². The van der Waals surface area contributed by atoms with E-state index < -0.39 is 16.4 Å². The molecule has 0 radical (unpaired) electrons. The van der Waals surface area contributed by atoms with Gasteiger partial charge in [0.05, 0.1) is 18.9 Å². The fraction of sp³-hybridized carbons (Fsp3) is 0.556. The summed E-state index contributed by atoms with van der Waals surface area (Å²) in [5.74, 6) is 0.723. The topological polar surface area (TPSA) is 103 Å². The summed E-state index contributed by atoms with van der Waals surface area (Å²) in [6.07, 6.45) is 0.636. The highest BCUT2D eigenvalue weighted by atomic mass is 32.2. The molecule has 0 bridgehead atoms. The molecule has 1 heterocycles. The Hall–Kier alpha value is -0.930. The first-order chi connectivity index (χ1) is 7.89. The number of rotatable bonds is 7. The number of likely N-dealkylation sites (N-methyl/N-ethyl adjacent to an activating group) is 1. The van der Waals surface area contributed by atoms with Crippen molar-refractivity contribution in [2.24, 2.45) is 0 Å². The Labute approximate surface area is 99.9 Å². The van der Waals surface area contributed by atoms with Gasteiger partial charge >= 0.3 is 10.3 Å². The van der Waals surface area contributed by atoms with Crippen molar-refractivity contribution in [3.8, 4) is 0 Å². The van der Waals surface area contributed by atoms with Gasteiger partial charge in [-0.1, -0.05) is 0 Å². The van der Waals surface area contributed by atoms with Crippen LogP contribution in [0.1, 0.15) is 5.76 Å². The molecule has 0 saturated heterocycles. The summed E-state index contributed by atoms with van der Waals surface area (Å²) in [5, 5.41) is 12.4. The normalized spacial score (nSPS) is 14.1. The third-order valence-corrected chi connectivity index (χ3v) is 3.06. The van der Waals surface area contributed by atoms with Crippen LogP contribution in [0.25, 0.3) is 0 Å². The van der Waals surface area contributed by atoms with Crippen molar-refractivity contribution in [2.75, 3.05) is 20.1 Å². The van der Waals surface area contributed by atoms with E-state index in [1.54, 1.807) is 18.4 Å². The van der Waals surface area contributed by atoms with Gasteiger partial charge < -0.3 is 14.8 Å². The Kier molecular flexibility index (Phi) is 5.09. The van der Waals surface area contributed by atoms with E-state index in [0.717, 1.165) is 5.76 Å². The van der Waals surface area contributed by atoms with Crippen LogP contribution >= 0.6 is 0 Å². The van der Waals surface area contributed by atoms with Crippen molar-refractivity contribution in [1.29, 1.82) is 0 Å². The SMILES string of the molecule is CN(CC(O)CNCc1ccco1)S(=O)(=O)O. The molecule has 1 aromatic heterocycles. The van der Waals surface area contributed by atoms with Gasteiger partial charge in [-0.3, -0.25) is 4.55 Å². The molecule has 0 amide bonds. The van der Waals surface area contributed by atoms with E-state index in [0.29, 0.717) is 10.8 Å². The zero-order chi connectivity index (χ0) is 12.9. The standard InChI is InChI=1S/C9H16N2O5S/c1-11(17(13,14)15)7-8(12)5-10-6-9-3-2-4-16-9/h2-4,8,10,12H,5-7H2,1H3,(H,13,14,15). The van der Waals surface area contributed by atoms with Crippen LogP contribution in [0, 0.1) is 0 Å². The van der Waals surface area contributed by atoms with Gasteiger partial charge in [0.1, 0.15) is 5.76 Å². The lowest BCUT2D eigenvalue weighted by Crippen LogP contribution is -2.38. The highest BCUT2D eigenvalue weighted by Gasteiger charge is 2.17. The third kappa shape index (κ3) is 5.29. The maximum Gasteiger partial charge on any atom is 0.335 e. The van der Waals surface area contributed by atoms with Crippen LogP contribution in [-0.4, -0.2) is 48.6 Å². The first kappa shape index (κ1) is 14.1. The van der Waals surface area contributed by atoms with Gasteiger partial charge in [-0.15, -0.1) is 0 Å². The van der Waals surface area contributed by atoms with Crippen molar-refractivity contribution in [3.05, 3.63) is 24.2 Å². The van der Waals surface area contributed by atoms with Gasteiger partial charge in [0.25, 0.3) is 0 Å². The molecule has 0 aliphatic carbocycles. The molecule has 0 aliphatic heterocycles. The lowest BCUT2D eigenvalue weighted by Gasteiger charge is -2.17. The first-order valence-corrected chi connectivity index (χ1v) is 6.39. The summed E-state index contributed by atoms with van der Waals surface area (Å²) in [7, 11) is -3.05. The van der Waals surface area contributed by atoms with Crippen molar-refractivity contribution < 1.29 is 22.5 Å². The molecule has 1 atom stereocenters. The van der Waals surface area contributed by atoms with E-state index in [2.05, 4.69) is 5.32 Å². The minimum absolute atomic E-state index is 0.177. The molecule has 17 heavy (non-hydrogen) atoms. The summed E-state index contributed by atoms with van der Waals surface area (Å²) < 4.78 is 35.7. The smallest absolute Gasteiger partial charge is 0.335 e. The zero-order valence-corrected chi connectivity index (χ0v) is 10.2. The fourth-order valence-corrected chi connectivity index (χ4v) is 1.59. The summed E-state index contributed by atoms with van der Waals surface area (Å²) in [6.45, 7) is 0.462. The lowest BCUT2D eigenvalue weighted by atomic mass is 10.3. The number of furan rings is 1. The minimum atomic E-state index is -4.24. The average molecular weight is 264 g/mol. The third-order valence-electron chi connectivity index (χ3n) is 2.12. The van der Waals surface area contributed by atoms with Crippen LogP contribution in [0.4, 0.5) is 0 Å². The monoisotopic (exact) mass is 264 g/mol. The predicted octanol–water partition coefficient (Wildman–Crippen LogP) is -0.535. The molecule has 98 valence electrons. The van der Waals surface area contributed by atoms with Crippen LogP contribution in [0.5, 0.6) is 0 Å². The maximum atomic E-state index is 10.7. The molecule has 0 fully saturated rings. The number of hydrogen-bond donors (Lipinski definition) is 3. The van der Waals surface area contributed by atoms with E-state index >= 15 is 0 Å². The molecule has 3 N–H and O–H groups in total. The van der Waals surface area contributed by atoms with Gasteiger partial charge in [-0.2, -0.15) is 12.7 Å². The second kappa shape index (κ2) is 6.12. The zero-order valence-electron chi connectivity index (χ0n) is 9.41. The summed E-state index contributed by atoms with van der Waals surface area (Å²) in [4.78, 5) is 0. The van der Waals surface area contributed by atoms with Crippen molar-refractivity contribution in [2.45, 2.75) is 12.6 Å². The van der Waals surface area contributed by atoms with Crippen LogP contribution in [0.3, 0.4) is 0 Å². The molecular formula is C9H16N2O5S. The number of hydrogen-bond acceptors (Lipinski definition) is 5.